The van der Waals surface area contributed by atoms with Gasteiger partial charge in [-0.1, -0.05) is 36.7 Å². The average molecular weight is 362 g/mol. The van der Waals surface area contributed by atoms with E-state index in [1.807, 2.05) is 24.3 Å². The zero-order valence-corrected chi connectivity index (χ0v) is 14.8. The van der Waals surface area contributed by atoms with E-state index in [2.05, 4.69) is 0 Å². The van der Waals surface area contributed by atoms with Crippen LogP contribution in [0.15, 0.2) is 34.7 Å². The number of amides is 1. The lowest BCUT2D eigenvalue weighted by Crippen LogP contribution is -2.36. The maximum absolute atomic E-state index is 12.8. The van der Waals surface area contributed by atoms with Gasteiger partial charge in [-0.3, -0.25) is 4.79 Å². The van der Waals surface area contributed by atoms with Crippen LogP contribution in [0.1, 0.15) is 52.0 Å². The van der Waals surface area contributed by atoms with Crippen LogP contribution in [0.5, 0.6) is 0 Å². The Morgan fingerprint density at radius 3 is 2.76 bits per heavy atom. The van der Waals surface area contributed by atoms with Gasteiger partial charge in [-0.05, 0) is 30.9 Å². The summed E-state index contributed by atoms with van der Waals surface area (Å²) >= 11 is 6.24. The standard InChI is InChI=1S/C19H20ClNO4/c1-2-16-14(19(23)24)11-17(25-16)18(22)21-9-5-7-13(21)10-12-6-3-4-8-15(12)20/h3-4,6,8,11,13H,2,5,7,9-10H2,1H3,(H,23,24). The number of furan rings is 1. The van der Waals surface area contributed by atoms with E-state index in [0.29, 0.717) is 30.2 Å². The van der Waals surface area contributed by atoms with Crippen LogP contribution < -0.4 is 0 Å². The van der Waals surface area contributed by atoms with E-state index in [9.17, 15) is 14.7 Å². The highest BCUT2D eigenvalue weighted by Gasteiger charge is 2.32. The smallest absolute Gasteiger partial charge is 0.339 e. The predicted molar refractivity (Wildman–Crippen MR) is 94.3 cm³/mol. The molecule has 1 amide bonds. The molecule has 1 aromatic carbocycles. The second kappa shape index (κ2) is 7.31. The lowest BCUT2D eigenvalue weighted by atomic mass is 10.0. The number of hydrogen-bond acceptors (Lipinski definition) is 3. The molecule has 0 radical (unpaired) electrons. The molecule has 1 unspecified atom stereocenters. The highest BCUT2D eigenvalue weighted by molar-refractivity contribution is 6.31. The number of aromatic carboxylic acids is 1. The number of aryl methyl sites for hydroxylation is 1. The van der Waals surface area contributed by atoms with Crippen LogP contribution in [-0.2, 0) is 12.8 Å². The Balaban J connectivity index is 1.81. The number of hydrogen-bond donors (Lipinski definition) is 1. The third kappa shape index (κ3) is 3.56. The van der Waals surface area contributed by atoms with Crippen molar-refractivity contribution in [1.82, 2.24) is 4.90 Å². The SMILES string of the molecule is CCc1oc(C(=O)N2CCCC2Cc2ccccc2Cl)cc1C(=O)O. The third-order valence-corrected chi connectivity index (χ3v) is 4.99. The van der Waals surface area contributed by atoms with Crippen molar-refractivity contribution in [1.29, 1.82) is 0 Å². The number of benzene rings is 1. The molecular weight excluding hydrogens is 342 g/mol. The number of nitrogens with zero attached hydrogens (tertiary/aromatic N) is 1. The predicted octanol–water partition coefficient (Wildman–Crippen LogP) is 4.04. The summed E-state index contributed by atoms with van der Waals surface area (Å²) < 4.78 is 5.52. The Bertz CT molecular complexity index is 798. The normalized spacial score (nSPS) is 17.0. The molecular formula is C19H20ClNO4. The molecule has 1 N–H and O–H groups in total. The first-order valence-corrected chi connectivity index (χ1v) is 8.79. The summed E-state index contributed by atoms with van der Waals surface area (Å²) in [7, 11) is 0. The van der Waals surface area contributed by atoms with Crippen LogP contribution in [-0.4, -0.2) is 34.5 Å². The minimum atomic E-state index is -1.08. The van der Waals surface area contributed by atoms with Gasteiger partial charge in [0, 0.05) is 30.1 Å². The maximum atomic E-state index is 12.8. The second-order valence-corrected chi connectivity index (χ2v) is 6.60. The molecule has 0 bridgehead atoms. The fraction of sp³-hybridized carbons (Fsp3) is 0.368. The average Bonchev–Trinajstić information content (AvgIpc) is 3.23. The van der Waals surface area contributed by atoms with Gasteiger partial charge in [-0.25, -0.2) is 4.79 Å². The van der Waals surface area contributed by atoms with Gasteiger partial charge in [0.1, 0.15) is 11.3 Å². The molecule has 0 spiro atoms. The third-order valence-electron chi connectivity index (χ3n) is 4.62. The van der Waals surface area contributed by atoms with Crippen molar-refractivity contribution < 1.29 is 19.1 Å². The number of halogens is 1. The summed E-state index contributed by atoms with van der Waals surface area (Å²) in [4.78, 5) is 25.9. The van der Waals surface area contributed by atoms with Crippen molar-refractivity contribution in [2.75, 3.05) is 6.54 Å². The summed E-state index contributed by atoms with van der Waals surface area (Å²) in [5, 5.41) is 9.93. The number of likely N-dealkylation sites (tertiary alicyclic amines) is 1. The molecule has 132 valence electrons. The molecule has 1 saturated heterocycles. The van der Waals surface area contributed by atoms with Gasteiger partial charge in [-0.15, -0.1) is 0 Å². The molecule has 2 heterocycles. The van der Waals surface area contributed by atoms with Crippen LogP contribution in [0.3, 0.4) is 0 Å². The van der Waals surface area contributed by atoms with Crippen LogP contribution in [0.25, 0.3) is 0 Å². The van der Waals surface area contributed by atoms with Gasteiger partial charge in [0.15, 0.2) is 5.76 Å². The van der Waals surface area contributed by atoms with Crippen molar-refractivity contribution >= 4 is 23.5 Å². The van der Waals surface area contributed by atoms with Gasteiger partial charge in [0.25, 0.3) is 5.91 Å². The largest absolute Gasteiger partial charge is 0.478 e. The molecule has 6 heteroatoms. The molecule has 1 fully saturated rings. The van der Waals surface area contributed by atoms with E-state index in [0.717, 1.165) is 18.4 Å². The van der Waals surface area contributed by atoms with E-state index in [-0.39, 0.29) is 23.3 Å². The quantitative estimate of drug-likeness (QED) is 0.872. The van der Waals surface area contributed by atoms with Gasteiger partial charge in [0.05, 0.1) is 0 Å². The van der Waals surface area contributed by atoms with Gasteiger partial charge < -0.3 is 14.4 Å². The first kappa shape index (κ1) is 17.5. The summed E-state index contributed by atoms with van der Waals surface area (Å²) in [6.07, 6.45) is 2.91. The van der Waals surface area contributed by atoms with Gasteiger partial charge >= 0.3 is 5.97 Å². The van der Waals surface area contributed by atoms with Crippen molar-refractivity contribution in [3.05, 3.63) is 58.0 Å². The second-order valence-electron chi connectivity index (χ2n) is 6.20. The highest BCUT2D eigenvalue weighted by atomic mass is 35.5. The Morgan fingerprint density at radius 1 is 1.36 bits per heavy atom. The first-order valence-electron chi connectivity index (χ1n) is 8.41. The number of carbonyl (C=O) groups is 2. The maximum Gasteiger partial charge on any atom is 0.339 e. The molecule has 1 atom stereocenters. The molecule has 3 rings (SSSR count). The summed E-state index contributed by atoms with van der Waals surface area (Å²) in [5.41, 5.74) is 1.07. The highest BCUT2D eigenvalue weighted by Crippen LogP contribution is 2.27. The molecule has 1 aliphatic rings. The van der Waals surface area contributed by atoms with Crippen LogP contribution in [0, 0.1) is 0 Å². The van der Waals surface area contributed by atoms with Crippen LogP contribution in [0.4, 0.5) is 0 Å². The number of carboxylic acids is 1. The Labute approximate surface area is 151 Å². The van der Waals surface area contributed by atoms with Crippen molar-refractivity contribution in [3.8, 4) is 0 Å². The Hall–Kier alpha value is -2.27. The fourth-order valence-corrected chi connectivity index (χ4v) is 3.57. The van der Waals surface area contributed by atoms with E-state index in [4.69, 9.17) is 16.0 Å². The summed E-state index contributed by atoms with van der Waals surface area (Å²) in [6.45, 7) is 2.44. The molecule has 5 nitrogen and oxygen atoms in total. The minimum absolute atomic E-state index is 0.0378. The monoisotopic (exact) mass is 361 g/mol. The topological polar surface area (TPSA) is 70.8 Å². The molecule has 0 saturated carbocycles. The molecule has 0 aliphatic carbocycles. The number of carbonyl (C=O) groups excluding carboxylic acids is 1. The number of carboxylic acid groups (broad SMARTS) is 1. The van der Waals surface area contributed by atoms with Gasteiger partial charge in [0.2, 0.25) is 0 Å². The van der Waals surface area contributed by atoms with Crippen LogP contribution >= 0.6 is 11.6 Å². The van der Waals surface area contributed by atoms with E-state index in [1.165, 1.54) is 6.07 Å². The van der Waals surface area contributed by atoms with Gasteiger partial charge in [-0.2, -0.15) is 0 Å². The van der Waals surface area contributed by atoms with E-state index >= 15 is 0 Å². The Morgan fingerprint density at radius 2 is 2.12 bits per heavy atom. The van der Waals surface area contributed by atoms with Crippen LogP contribution in [0.2, 0.25) is 5.02 Å². The Kier molecular flexibility index (Phi) is 5.13. The zero-order chi connectivity index (χ0) is 18.0. The molecule has 1 aliphatic heterocycles. The molecule has 25 heavy (non-hydrogen) atoms. The summed E-state index contributed by atoms with van der Waals surface area (Å²) in [6, 6.07) is 9.00. The molecule has 1 aromatic heterocycles. The lowest BCUT2D eigenvalue weighted by molar-refractivity contribution is 0.0687. The van der Waals surface area contributed by atoms with Crippen molar-refractivity contribution in [2.45, 2.75) is 38.6 Å². The fourth-order valence-electron chi connectivity index (χ4n) is 3.35. The first-order chi connectivity index (χ1) is 12.0. The lowest BCUT2D eigenvalue weighted by Gasteiger charge is -2.24. The summed E-state index contributed by atoms with van der Waals surface area (Å²) in [5.74, 6) is -0.900. The minimum Gasteiger partial charge on any atom is -0.478 e. The number of rotatable bonds is 5. The van der Waals surface area contributed by atoms with E-state index < -0.39 is 5.97 Å². The van der Waals surface area contributed by atoms with Crippen molar-refractivity contribution in [3.63, 3.8) is 0 Å². The van der Waals surface area contributed by atoms with Crippen molar-refractivity contribution in [2.24, 2.45) is 0 Å². The van der Waals surface area contributed by atoms with E-state index in [1.54, 1.807) is 11.8 Å². The zero-order valence-electron chi connectivity index (χ0n) is 14.0. The molecule has 2 aromatic rings.